The molecule has 0 aromatic carbocycles. The van der Waals surface area contributed by atoms with Gasteiger partial charge in [-0.25, -0.2) is 8.42 Å². The minimum atomic E-state index is -3.57. The summed E-state index contributed by atoms with van der Waals surface area (Å²) in [5.74, 6) is -1.47. The quantitative estimate of drug-likeness (QED) is 0.646. The van der Waals surface area contributed by atoms with Crippen molar-refractivity contribution in [3.8, 4) is 0 Å². The van der Waals surface area contributed by atoms with Gasteiger partial charge in [-0.1, -0.05) is 0 Å². The van der Waals surface area contributed by atoms with E-state index in [-0.39, 0.29) is 19.0 Å². The fraction of sp³-hybridized carbons (Fsp3) is 0.800. The summed E-state index contributed by atoms with van der Waals surface area (Å²) in [5, 5.41) is 10.9. The van der Waals surface area contributed by atoms with Crippen LogP contribution in [-0.4, -0.2) is 54.1 Å². The first kappa shape index (κ1) is 14.9. The Balaban J connectivity index is 2.75. The molecule has 1 fully saturated rings. The van der Waals surface area contributed by atoms with Crippen LogP contribution in [0.25, 0.3) is 0 Å². The maximum atomic E-state index is 12.1. The molecular formula is C10H18N2O5S. The van der Waals surface area contributed by atoms with E-state index in [1.807, 2.05) is 0 Å². The van der Waals surface area contributed by atoms with Crippen molar-refractivity contribution in [2.45, 2.75) is 38.0 Å². The lowest BCUT2D eigenvalue weighted by Crippen LogP contribution is -2.47. The topological polar surface area (TPSA) is 104 Å². The summed E-state index contributed by atoms with van der Waals surface area (Å²) in [4.78, 5) is 21.7. The smallest absolute Gasteiger partial charge is 0.321 e. The van der Waals surface area contributed by atoms with Gasteiger partial charge in [-0.3, -0.25) is 9.59 Å². The number of carbonyl (C=O) groups is 2. The third kappa shape index (κ3) is 3.67. The van der Waals surface area contributed by atoms with Crippen molar-refractivity contribution in [3.63, 3.8) is 0 Å². The van der Waals surface area contributed by atoms with Crippen LogP contribution in [0.4, 0.5) is 0 Å². The summed E-state index contributed by atoms with van der Waals surface area (Å²) in [6.07, 6.45) is 1.15. The first-order chi connectivity index (χ1) is 8.26. The molecule has 0 radical (unpaired) electrons. The highest BCUT2D eigenvalue weighted by Gasteiger charge is 2.43. The molecule has 1 saturated carbocycles. The number of hydrogen-bond donors (Lipinski definition) is 2. The van der Waals surface area contributed by atoms with Crippen LogP contribution >= 0.6 is 0 Å². The largest absolute Gasteiger partial charge is 0.480 e. The second kappa shape index (κ2) is 5.66. The summed E-state index contributed by atoms with van der Waals surface area (Å²) in [7, 11) is -3.57. The van der Waals surface area contributed by atoms with Gasteiger partial charge in [0, 0.05) is 20.0 Å². The van der Waals surface area contributed by atoms with E-state index >= 15 is 0 Å². The maximum Gasteiger partial charge on any atom is 0.321 e. The molecule has 2 N–H and O–H groups in total. The Bertz CT molecular complexity index is 430. The Morgan fingerprint density at radius 1 is 1.44 bits per heavy atom. The molecule has 7 nitrogen and oxygen atoms in total. The van der Waals surface area contributed by atoms with Gasteiger partial charge in [0.2, 0.25) is 15.9 Å². The first-order valence-corrected chi connectivity index (χ1v) is 7.25. The number of hydrogen-bond acceptors (Lipinski definition) is 4. The van der Waals surface area contributed by atoms with Crippen LogP contribution in [0.3, 0.4) is 0 Å². The summed E-state index contributed by atoms with van der Waals surface area (Å²) < 4.78 is 25.1. The second-order valence-electron chi connectivity index (χ2n) is 4.35. The zero-order chi connectivity index (χ0) is 13.9. The van der Waals surface area contributed by atoms with Crippen molar-refractivity contribution in [2.24, 2.45) is 0 Å². The van der Waals surface area contributed by atoms with E-state index in [1.54, 1.807) is 0 Å². The monoisotopic (exact) mass is 278 g/mol. The fourth-order valence-corrected chi connectivity index (χ4v) is 3.56. The number of amides is 1. The van der Waals surface area contributed by atoms with Gasteiger partial charge in [-0.2, -0.15) is 4.31 Å². The lowest BCUT2D eigenvalue weighted by atomic mass is 10.3. The predicted molar refractivity (Wildman–Crippen MR) is 64.4 cm³/mol. The van der Waals surface area contributed by atoms with Gasteiger partial charge in [0.15, 0.2) is 0 Å². The molecular weight excluding hydrogens is 260 g/mol. The molecule has 0 heterocycles. The molecule has 0 spiro atoms. The molecule has 0 saturated heterocycles. The van der Waals surface area contributed by atoms with Crippen LogP contribution < -0.4 is 5.32 Å². The highest BCUT2D eigenvalue weighted by Crippen LogP contribution is 2.31. The molecule has 0 bridgehead atoms. The van der Waals surface area contributed by atoms with Crippen molar-refractivity contribution >= 4 is 21.9 Å². The third-order valence-corrected chi connectivity index (χ3v) is 5.23. The Hall–Kier alpha value is -1.15. The van der Waals surface area contributed by atoms with E-state index in [1.165, 1.54) is 13.8 Å². The maximum absolute atomic E-state index is 12.1. The Morgan fingerprint density at radius 3 is 2.39 bits per heavy atom. The average Bonchev–Trinajstić information content (AvgIpc) is 3.06. The van der Waals surface area contributed by atoms with Gasteiger partial charge in [0.25, 0.3) is 0 Å². The van der Waals surface area contributed by atoms with Crippen molar-refractivity contribution in [2.75, 3.05) is 13.1 Å². The Kier molecular flexibility index (Phi) is 4.69. The van der Waals surface area contributed by atoms with Crippen LogP contribution in [-0.2, 0) is 19.6 Å². The summed E-state index contributed by atoms with van der Waals surface area (Å²) in [5.41, 5.74) is 0. The molecule has 104 valence electrons. The number of rotatable bonds is 7. The van der Waals surface area contributed by atoms with Crippen molar-refractivity contribution in [1.82, 2.24) is 9.62 Å². The molecule has 8 heteroatoms. The number of carboxylic acids is 1. The fourth-order valence-electron chi connectivity index (χ4n) is 1.56. The van der Waals surface area contributed by atoms with Crippen LogP contribution in [0, 0.1) is 0 Å². The molecule has 1 atom stereocenters. The molecule has 1 aliphatic rings. The van der Waals surface area contributed by atoms with E-state index in [2.05, 4.69) is 5.32 Å². The van der Waals surface area contributed by atoms with Gasteiger partial charge >= 0.3 is 5.97 Å². The predicted octanol–water partition coefficient (Wildman–Crippen LogP) is -0.610. The van der Waals surface area contributed by atoms with E-state index < -0.39 is 27.3 Å². The summed E-state index contributed by atoms with van der Waals surface area (Å²) >= 11 is 0. The molecule has 0 aromatic heterocycles. The summed E-state index contributed by atoms with van der Waals surface area (Å²) in [6, 6.07) is -1.12. The zero-order valence-corrected chi connectivity index (χ0v) is 11.2. The van der Waals surface area contributed by atoms with E-state index in [4.69, 9.17) is 5.11 Å². The summed E-state index contributed by atoms with van der Waals surface area (Å²) in [6.45, 7) is 2.74. The number of aliphatic carboxylic acids is 1. The minimum absolute atomic E-state index is 0.0219. The Morgan fingerprint density at radius 2 is 2.00 bits per heavy atom. The van der Waals surface area contributed by atoms with E-state index in [9.17, 15) is 18.0 Å². The van der Waals surface area contributed by atoms with Crippen LogP contribution in [0.5, 0.6) is 0 Å². The highest BCUT2D eigenvalue weighted by molar-refractivity contribution is 7.90. The second-order valence-corrected chi connectivity index (χ2v) is 6.52. The normalized spacial score (nSPS) is 17.5. The number of nitrogens with one attached hydrogen (secondary N) is 1. The van der Waals surface area contributed by atoms with Crippen molar-refractivity contribution in [1.29, 1.82) is 0 Å². The SMILES string of the molecule is CC(=O)NCCN(C(C)C(=O)O)S(=O)(=O)C1CC1. The van der Waals surface area contributed by atoms with E-state index in [0.717, 1.165) is 4.31 Å². The van der Waals surface area contributed by atoms with E-state index in [0.29, 0.717) is 12.8 Å². The van der Waals surface area contributed by atoms with Gasteiger partial charge in [-0.05, 0) is 19.8 Å². The molecule has 0 aromatic rings. The minimum Gasteiger partial charge on any atom is -0.480 e. The van der Waals surface area contributed by atoms with Gasteiger partial charge in [-0.15, -0.1) is 0 Å². The number of sulfonamides is 1. The number of nitrogens with zero attached hydrogens (tertiary/aromatic N) is 1. The number of carboxylic acid groups (broad SMARTS) is 1. The molecule has 1 rings (SSSR count). The van der Waals surface area contributed by atoms with Gasteiger partial charge < -0.3 is 10.4 Å². The third-order valence-electron chi connectivity index (χ3n) is 2.77. The first-order valence-electron chi connectivity index (χ1n) is 5.74. The number of carbonyl (C=O) groups excluding carboxylic acids is 1. The lowest BCUT2D eigenvalue weighted by molar-refractivity contribution is -0.140. The molecule has 18 heavy (non-hydrogen) atoms. The molecule has 1 amide bonds. The molecule has 1 unspecified atom stereocenters. The highest BCUT2D eigenvalue weighted by atomic mass is 32.2. The lowest BCUT2D eigenvalue weighted by Gasteiger charge is -2.25. The van der Waals surface area contributed by atoms with Crippen molar-refractivity contribution in [3.05, 3.63) is 0 Å². The molecule has 0 aliphatic heterocycles. The van der Waals surface area contributed by atoms with Crippen LogP contribution in [0.2, 0.25) is 0 Å². The van der Waals surface area contributed by atoms with Crippen LogP contribution in [0.15, 0.2) is 0 Å². The van der Waals surface area contributed by atoms with Gasteiger partial charge in [0.1, 0.15) is 6.04 Å². The Labute approximate surface area is 106 Å². The zero-order valence-electron chi connectivity index (χ0n) is 10.4. The molecule has 1 aliphatic carbocycles. The van der Waals surface area contributed by atoms with Crippen molar-refractivity contribution < 1.29 is 23.1 Å². The van der Waals surface area contributed by atoms with Crippen LogP contribution in [0.1, 0.15) is 26.7 Å². The van der Waals surface area contributed by atoms with Gasteiger partial charge in [0.05, 0.1) is 5.25 Å². The average molecular weight is 278 g/mol. The standard InChI is InChI=1S/C10H18N2O5S/c1-7(10(14)15)12(6-5-11-8(2)13)18(16,17)9-3-4-9/h7,9H,3-6H2,1-2H3,(H,11,13)(H,14,15).